The number of carboxylic acids is 1. The van der Waals surface area contributed by atoms with Gasteiger partial charge in [-0.05, 0) is 54.6 Å². The summed E-state index contributed by atoms with van der Waals surface area (Å²) in [6.07, 6.45) is 1.43. The number of anilines is 4. The molecule has 0 bridgehead atoms. The van der Waals surface area contributed by atoms with Crippen LogP contribution in [0.2, 0.25) is 5.02 Å². The van der Waals surface area contributed by atoms with Crippen LogP contribution in [-0.4, -0.2) is 58.5 Å². The summed E-state index contributed by atoms with van der Waals surface area (Å²) in [4.78, 5) is 26.6. The molecule has 11 nitrogen and oxygen atoms in total. The second-order valence-corrected chi connectivity index (χ2v) is 8.49. The summed E-state index contributed by atoms with van der Waals surface area (Å²) in [7, 11) is 0. The van der Waals surface area contributed by atoms with Crippen LogP contribution in [0.3, 0.4) is 0 Å². The Morgan fingerprint density at radius 1 is 1.05 bits per heavy atom. The number of morpholine rings is 1. The van der Waals surface area contributed by atoms with Gasteiger partial charge in [-0.3, -0.25) is 0 Å². The van der Waals surface area contributed by atoms with Crippen molar-refractivity contribution in [2.45, 2.75) is 0 Å². The van der Waals surface area contributed by atoms with Gasteiger partial charge in [0, 0.05) is 24.3 Å². The molecule has 3 N–H and O–H groups in total. The molecule has 4 aromatic rings. The maximum absolute atomic E-state index is 13.3. The predicted molar refractivity (Wildman–Crippen MR) is 140 cm³/mol. The fourth-order valence-corrected chi connectivity index (χ4v) is 3.81. The monoisotopic (exact) mass is 537 g/mol. The Kier molecular flexibility index (Phi) is 7.43. The topological polar surface area (TPSA) is 138 Å². The first-order valence-corrected chi connectivity index (χ1v) is 11.9. The van der Waals surface area contributed by atoms with E-state index in [4.69, 9.17) is 20.8 Å². The molecule has 0 unspecified atom stereocenters. The molecule has 3 heterocycles. The van der Waals surface area contributed by atoms with Crippen molar-refractivity contribution < 1.29 is 23.4 Å². The first kappa shape index (κ1) is 25.1. The molecule has 0 aliphatic carbocycles. The fraction of sp³-hybridized carbons (Fsp3) is 0.160. The molecule has 2 aromatic heterocycles. The van der Waals surface area contributed by atoms with E-state index in [1.54, 1.807) is 30.3 Å². The molecule has 2 aromatic carbocycles. The number of aromatic carboxylic acids is 1. The summed E-state index contributed by atoms with van der Waals surface area (Å²) >= 11 is 5.95. The molecular formula is C25H21ClFN7O4. The lowest BCUT2D eigenvalue weighted by Crippen LogP contribution is -2.37. The van der Waals surface area contributed by atoms with Gasteiger partial charge in [-0.1, -0.05) is 11.6 Å². The van der Waals surface area contributed by atoms with E-state index in [1.165, 1.54) is 30.5 Å². The number of benzene rings is 2. The average molecular weight is 538 g/mol. The lowest BCUT2D eigenvalue weighted by molar-refractivity contribution is 0.0697. The minimum absolute atomic E-state index is 0.0200. The van der Waals surface area contributed by atoms with Crippen LogP contribution in [0.5, 0.6) is 0 Å². The molecule has 0 amide bonds. The van der Waals surface area contributed by atoms with Gasteiger partial charge in [-0.25, -0.2) is 14.6 Å². The number of carboxylic acid groups (broad SMARTS) is 1. The highest BCUT2D eigenvalue weighted by Crippen LogP contribution is 2.27. The summed E-state index contributed by atoms with van der Waals surface area (Å²) in [5.74, 6) is 0.245. The van der Waals surface area contributed by atoms with Crippen LogP contribution >= 0.6 is 11.6 Å². The number of carbonyl (C=O) groups is 1. The van der Waals surface area contributed by atoms with Crippen molar-refractivity contribution in [3.63, 3.8) is 0 Å². The molecule has 1 saturated heterocycles. The quantitative estimate of drug-likeness (QED) is 0.215. The second-order valence-electron chi connectivity index (χ2n) is 8.09. The van der Waals surface area contributed by atoms with Crippen LogP contribution in [0, 0.1) is 5.82 Å². The van der Waals surface area contributed by atoms with Crippen molar-refractivity contribution in [3.8, 4) is 11.3 Å². The van der Waals surface area contributed by atoms with Gasteiger partial charge in [-0.15, -0.1) is 0 Å². The van der Waals surface area contributed by atoms with E-state index in [-0.39, 0.29) is 28.3 Å². The molecule has 194 valence electrons. The molecule has 0 saturated carbocycles. The zero-order chi connectivity index (χ0) is 26.5. The smallest absolute Gasteiger partial charge is 0.337 e. The van der Waals surface area contributed by atoms with Crippen molar-refractivity contribution in [2.75, 3.05) is 41.9 Å². The van der Waals surface area contributed by atoms with Crippen LogP contribution in [0.25, 0.3) is 11.3 Å². The summed E-state index contributed by atoms with van der Waals surface area (Å²) in [6.45, 7) is 2.34. The molecule has 0 atom stereocenters. The molecular weight excluding hydrogens is 517 g/mol. The number of furan rings is 1. The molecule has 1 aliphatic rings. The minimum atomic E-state index is -1.13. The predicted octanol–water partition coefficient (Wildman–Crippen LogP) is 4.65. The first-order chi connectivity index (χ1) is 18.4. The van der Waals surface area contributed by atoms with Gasteiger partial charge in [0.2, 0.25) is 17.8 Å². The van der Waals surface area contributed by atoms with Crippen molar-refractivity contribution >= 4 is 47.3 Å². The largest absolute Gasteiger partial charge is 0.478 e. The van der Waals surface area contributed by atoms with Crippen molar-refractivity contribution in [1.29, 1.82) is 0 Å². The zero-order valence-electron chi connectivity index (χ0n) is 19.8. The van der Waals surface area contributed by atoms with E-state index < -0.39 is 5.97 Å². The molecule has 5 rings (SSSR count). The molecule has 13 heteroatoms. The lowest BCUT2D eigenvalue weighted by Gasteiger charge is -2.27. The number of rotatable bonds is 8. The van der Waals surface area contributed by atoms with E-state index >= 15 is 0 Å². The molecule has 0 radical (unpaired) electrons. The Bertz CT molecular complexity index is 1470. The first-order valence-electron chi connectivity index (χ1n) is 11.5. The normalized spacial score (nSPS) is 13.6. The van der Waals surface area contributed by atoms with Crippen molar-refractivity contribution in [1.82, 2.24) is 15.0 Å². The number of hydrazone groups is 1. The molecule has 1 aliphatic heterocycles. The molecule has 1 fully saturated rings. The van der Waals surface area contributed by atoms with Gasteiger partial charge in [0.25, 0.3) is 0 Å². The van der Waals surface area contributed by atoms with Gasteiger partial charge in [0.15, 0.2) is 0 Å². The van der Waals surface area contributed by atoms with Gasteiger partial charge in [0.05, 0.1) is 30.0 Å². The summed E-state index contributed by atoms with van der Waals surface area (Å²) < 4.78 is 24.5. The minimum Gasteiger partial charge on any atom is -0.478 e. The number of aromatic nitrogens is 3. The third kappa shape index (κ3) is 6.05. The SMILES string of the molecule is O=C(O)c1cc(-c2ccc(/C=N/Nc3nc(Nc4ccc(F)cc4)nc(N4CCOCC4)n3)o2)ccc1Cl. The Morgan fingerprint density at radius 2 is 1.82 bits per heavy atom. The molecule has 0 spiro atoms. The summed E-state index contributed by atoms with van der Waals surface area (Å²) in [5.41, 5.74) is 3.93. The molecule has 38 heavy (non-hydrogen) atoms. The maximum atomic E-state index is 13.3. The number of ether oxygens (including phenoxy) is 1. The summed E-state index contributed by atoms with van der Waals surface area (Å²) in [6, 6.07) is 13.8. The van der Waals surface area contributed by atoms with Crippen LogP contribution in [0.4, 0.5) is 27.9 Å². The van der Waals surface area contributed by atoms with E-state index in [2.05, 4.69) is 30.8 Å². The number of halogens is 2. The maximum Gasteiger partial charge on any atom is 0.337 e. The highest BCUT2D eigenvalue weighted by atomic mass is 35.5. The number of nitrogens with zero attached hydrogens (tertiary/aromatic N) is 5. The van der Waals surface area contributed by atoms with E-state index in [0.717, 1.165) is 0 Å². The highest BCUT2D eigenvalue weighted by molar-refractivity contribution is 6.33. The van der Waals surface area contributed by atoms with Gasteiger partial charge in [-0.2, -0.15) is 20.1 Å². The van der Waals surface area contributed by atoms with E-state index in [9.17, 15) is 14.3 Å². The Hall–Kier alpha value is -4.55. The number of hydrogen-bond donors (Lipinski definition) is 3. The zero-order valence-corrected chi connectivity index (χ0v) is 20.5. The Balaban J connectivity index is 1.34. The summed E-state index contributed by atoms with van der Waals surface area (Å²) in [5, 5.41) is 16.6. The van der Waals surface area contributed by atoms with E-state index in [0.29, 0.717) is 55.0 Å². The highest BCUT2D eigenvalue weighted by Gasteiger charge is 2.17. The Labute approximate surface area is 221 Å². The number of nitrogens with one attached hydrogen (secondary N) is 2. The van der Waals surface area contributed by atoms with Crippen molar-refractivity contribution in [3.05, 3.63) is 76.8 Å². The van der Waals surface area contributed by atoms with Gasteiger partial charge >= 0.3 is 5.97 Å². The van der Waals surface area contributed by atoms with E-state index in [1.807, 2.05) is 4.90 Å². The van der Waals surface area contributed by atoms with Gasteiger partial charge < -0.3 is 24.5 Å². The van der Waals surface area contributed by atoms with Crippen LogP contribution in [-0.2, 0) is 4.74 Å². The third-order valence-electron chi connectivity index (χ3n) is 5.48. The Morgan fingerprint density at radius 3 is 2.58 bits per heavy atom. The second kappa shape index (κ2) is 11.2. The van der Waals surface area contributed by atoms with Crippen LogP contribution in [0.1, 0.15) is 16.1 Å². The van der Waals surface area contributed by atoms with Crippen LogP contribution in [0.15, 0.2) is 64.1 Å². The lowest BCUT2D eigenvalue weighted by atomic mass is 10.1. The van der Waals surface area contributed by atoms with Crippen molar-refractivity contribution in [2.24, 2.45) is 5.10 Å². The standard InChI is InChI=1S/C25H21ClFN7O4/c26-20-7-1-15(13-19(20)22(35)36)21-8-6-18(38-21)14-28-33-24-30-23(29-17-4-2-16(27)3-5-17)31-25(32-24)34-9-11-37-12-10-34/h1-8,13-14H,9-12H2,(H,35,36)(H2,29,30,31,32,33)/b28-14+. The fourth-order valence-electron chi connectivity index (χ4n) is 3.61. The number of hydrogen-bond acceptors (Lipinski definition) is 10. The third-order valence-corrected chi connectivity index (χ3v) is 5.81. The average Bonchev–Trinajstić information content (AvgIpc) is 3.39. The van der Waals surface area contributed by atoms with Crippen LogP contribution < -0.4 is 15.6 Å². The van der Waals surface area contributed by atoms with Gasteiger partial charge in [0.1, 0.15) is 17.3 Å².